The van der Waals surface area contributed by atoms with E-state index in [4.69, 9.17) is 5.73 Å². The number of carbonyl (C=O) groups excluding carboxylic acids is 1. The number of nitrogen functional groups attached to an aromatic ring is 1. The van der Waals surface area contributed by atoms with Crippen molar-refractivity contribution in [3.63, 3.8) is 0 Å². The maximum Gasteiger partial charge on any atom is 0.276 e. The second-order valence-electron chi connectivity index (χ2n) is 6.44. The van der Waals surface area contributed by atoms with Gasteiger partial charge in [-0.1, -0.05) is 5.21 Å². The molecule has 4 heterocycles. The molecule has 2 aliphatic heterocycles. The third kappa shape index (κ3) is 3.13. The average Bonchev–Trinajstić information content (AvgIpc) is 3.20. The normalized spacial score (nSPS) is 20.8. The number of carbonyl (C=O) groups is 1. The maximum atomic E-state index is 12.7. The van der Waals surface area contributed by atoms with Gasteiger partial charge < -0.3 is 16.0 Å². The van der Waals surface area contributed by atoms with E-state index in [1.54, 1.807) is 15.8 Å². The van der Waals surface area contributed by atoms with Gasteiger partial charge in [0.2, 0.25) is 0 Å². The molecule has 4 rings (SSSR count). The predicted molar refractivity (Wildman–Crippen MR) is 90.6 cm³/mol. The lowest BCUT2D eigenvalue weighted by molar-refractivity contribution is 0.0730. The molecular formula is C15H21N7OS. The van der Waals surface area contributed by atoms with Gasteiger partial charge in [0.05, 0.1) is 18.4 Å². The van der Waals surface area contributed by atoms with Crippen LogP contribution in [-0.2, 0) is 19.5 Å². The van der Waals surface area contributed by atoms with Crippen LogP contribution >= 0.6 is 11.3 Å². The summed E-state index contributed by atoms with van der Waals surface area (Å²) in [4.78, 5) is 19.9. The first-order valence-electron chi connectivity index (χ1n) is 8.33. The number of piperidine rings is 1. The fraction of sp³-hybridized carbons (Fsp3) is 0.600. The van der Waals surface area contributed by atoms with Gasteiger partial charge in [0.1, 0.15) is 0 Å². The molecule has 1 fully saturated rings. The topological polar surface area (TPSA) is 102 Å². The number of fused-ring (bicyclic) bond motifs is 1. The van der Waals surface area contributed by atoms with E-state index in [1.165, 1.54) is 24.2 Å². The number of rotatable bonds is 3. The average molecular weight is 347 g/mol. The van der Waals surface area contributed by atoms with Crippen LogP contribution in [0.3, 0.4) is 0 Å². The Morgan fingerprint density at radius 2 is 2.42 bits per heavy atom. The van der Waals surface area contributed by atoms with Crippen molar-refractivity contribution in [3.8, 4) is 0 Å². The number of thiazole rings is 1. The summed E-state index contributed by atoms with van der Waals surface area (Å²) in [6, 6.07) is 0. The number of anilines is 1. The lowest BCUT2D eigenvalue weighted by Gasteiger charge is -2.25. The first kappa shape index (κ1) is 15.5. The Labute approximate surface area is 144 Å². The van der Waals surface area contributed by atoms with E-state index in [1.807, 2.05) is 0 Å². The monoisotopic (exact) mass is 347 g/mol. The van der Waals surface area contributed by atoms with Crippen LogP contribution in [0.2, 0.25) is 0 Å². The van der Waals surface area contributed by atoms with Crippen LogP contribution in [-0.4, -0.2) is 50.4 Å². The summed E-state index contributed by atoms with van der Waals surface area (Å²) in [6.45, 7) is 4.11. The molecule has 1 atom stereocenters. The number of aromatic nitrogens is 4. The molecule has 0 spiro atoms. The van der Waals surface area contributed by atoms with Crippen molar-refractivity contribution in [3.05, 3.63) is 22.5 Å². The van der Waals surface area contributed by atoms with E-state index in [0.717, 1.165) is 36.6 Å². The molecule has 1 saturated heterocycles. The fourth-order valence-corrected chi connectivity index (χ4v) is 4.27. The van der Waals surface area contributed by atoms with Crippen molar-refractivity contribution >= 4 is 22.4 Å². The molecule has 0 aliphatic carbocycles. The minimum Gasteiger partial charge on any atom is -0.375 e. The van der Waals surface area contributed by atoms with E-state index in [2.05, 4.69) is 20.6 Å². The summed E-state index contributed by atoms with van der Waals surface area (Å²) in [5.41, 5.74) is 7.20. The van der Waals surface area contributed by atoms with Crippen LogP contribution in [0.15, 0.2) is 6.20 Å². The fourth-order valence-electron chi connectivity index (χ4n) is 3.38. The molecule has 0 aromatic carbocycles. The van der Waals surface area contributed by atoms with Crippen molar-refractivity contribution in [1.29, 1.82) is 0 Å². The molecule has 2 aliphatic rings. The Morgan fingerprint density at radius 3 is 3.25 bits per heavy atom. The van der Waals surface area contributed by atoms with Gasteiger partial charge in [-0.3, -0.25) is 9.48 Å². The molecule has 0 saturated carbocycles. The van der Waals surface area contributed by atoms with Crippen LogP contribution in [0.25, 0.3) is 0 Å². The molecule has 0 bridgehead atoms. The quantitative estimate of drug-likeness (QED) is 0.839. The first-order chi connectivity index (χ1) is 11.7. The number of nitrogens with one attached hydrogen (secondary N) is 1. The SMILES string of the molecule is Nc1nc2c(s1)CN(C(=O)c1cn(CC3CCCNC3)nn1)CC2. The highest BCUT2D eigenvalue weighted by atomic mass is 32.1. The number of hydrogen-bond acceptors (Lipinski definition) is 7. The van der Waals surface area contributed by atoms with Crippen molar-refractivity contribution in [2.24, 2.45) is 5.92 Å². The lowest BCUT2D eigenvalue weighted by Crippen LogP contribution is -2.35. The van der Waals surface area contributed by atoms with Gasteiger partial charge >= 0.3 is 0 Å². The second-order valence-corrected chi connectivity index (χ2v) is 7.55. The van der Waals surface area contributed by atoms with Crippen LogP contribution in [0.4, 0.5) is 5.13 Å². The number of nitrogens with zero attached hydrogens (tertiary/aromatic N) is 5. The number of hydrogen-bond donors (Lipinski definition) is 2. The van der Waals surface area contributed by atoms with Crippen LogP contribution in [0.5, 0.6) is 0 Å². The van der Waals surface area contributed by atoms with Crippen LogP contribution < -0.4 is 11.1 Å². The number of amides is 1. The van der Waals surface area contributed by atoms with Gasteiger partial charge in [-0.25, -0.2) is 4.98 Å². The lowest BCUT2D eigenvalue weighted by atomic mass is 10.00. The van der Waals surface area contributed by atoms with Gasteiger partial charge in [-0.05, 0) is 31.8 Å². The molecule has 2 aromatic heterocycles. The van der Waals surface area contributed by atoms with E-state index < -0.39 is 0 Å². The van der Waals surface area contributed by atoms with E-state index >= 15 is 0 Å². The van der Waals surface area contributed by atoms with Crippen molar-refractivity contribution in [2.45, 2.75) is 32.4 Å². The minimum atomic E-state index is -0.0689. The molecule has 24 heavy (non-hydrogen) atoms. The first-order valence-corrected chi connectivity index (χ1v) is 9.15. The van der Waals surface area contributed by atoms with Crippen LogP contribution in [0.1, 0.15) is 33.9 Å². The van der Waals surface area contributed by atoms with E-state index in [0.29, 0.717) is 29.8 Å². The van der Waals surface area contributed by atoms with Crippen molar-refractivity contribution in [1.82, 2.24) is 30.2 Å². The zero-order valence-corrected chi connectivity index (χ0v) is 14.3. The maximum absolute atomic E-state index is 12.7. The molecule has 8 nitrogen and oxygen atoms in total. The number of nitrogens with two attached hydrogens (primary N) is 1. The van der Waals surface area contributed by atoms with Crippen molar-refractivity contribution in [2.75, 3.05) is 25.4 Å². The standard InChI is InChI=1S/C15H21N7OS/c16-15-18-11-3-5-21(9-13(11)24-15)14(23)12-8-22(20-19-12)7-10-2-1-4-17-6-10/h8,10,17H,1-7,9H2,(H2,16,18). The second kappa shape index (κ2) is 6.48. The van der Waals surface area contributed by atoms with E-state index in [-0.39, 0.29) is 5.91 Å². The highest BCUT2D eigenvalue weighted by molar-refractivity contribution is 7.15. The summed E-state index contributed by atoms with van der Waals surface area (Å²) in [6.07, 6.45) is 4.90. The third-order valence-electron chi connectivity index (χ3n) is 4.64. The summed E-state index contributed by atoms with van der Waals surface area (Å²) in [5.74, 6) is 0.488. The Morgan fingerprint density at radius 1 is 1.50 bits per heavy atom. The van der Waals surface area contributed by atoms with Gasteiger partial charge in [-0.15, -0.1) is 16.4 Å². The molecular weight excluding hydrogens is 326 g/mol. The van der Waals surface area contributed by atoms with Gasteiger partial charge in [0.25, 0.3) is 5.91 Å². The highest BCUT2D eigenvalue weighted by Crippen LogP contribution is 2.27. The Kier molecular flexibility index (Phi) is 4.19. The zero-order chi connectivity index (χ0) is 16.5. The van der Waals surface area contributed by atoms with Gasteiger partial charge in [0, 0.05) is 24.4 Å². The van der Waals surface area contributed by atoms with Crippen LogP contribution in [0, 0.1) is 5.92 Å². The van der Waals surface area contributed by atoms with E-state index in [9.17, 15) is 4.79 Å². The minimum absolute atomic E-state index is 0.0689. The smallest absolute Gasteiger partial charge is 0.276 e. The molecule has 9 heteroatoms. The summed E-state index contributed by atoms with van der Waals surface area (Å²) in [7, 11) is 0. The molecule has 3 N–H and O–H groups in total. The molecule has 1 unspecified atom stereocenters. The molecule has 128 valence electrons. The Balaban J connectivity index is 1.41. The van der Waals surface area contributed by atoms with Gasteiger partial charge in [-0.2, -0.15) is 0 Å². The third-order valence-corrected chi connectivity index (χ3v) is 5.55. The summed E-state index contributed by atoms with van der Waals surface area (Å²) < 4.78 is 1.80. The van der Waals surface area contributed by atoms with Gasteiger partial charge in [0.15, 0.2) is 10.8 Å². The highest BCUT2D eigenvalue weighted by Gasteiger charge is 2.26. The predicted octanol–water partition coefficient (Wildman–Crippen LogP) is 0.515. The molecule has 0 radical (unpaired) electrons. The Hall–Kier alpha value is -2.00. The summed E-state index contributed by atoms with van der Waals surface area (Å²) in [5, 5.41) is 12.2. The Bertz CT molecular complexity index is 734. The summed E-state index contributed by atoms with van der Waals surface area (Å²) >= 11 is 1.46. The van der Waals surface area contributed by atoms with Crippen molar-refractivity contribution < 1.29 is 4.79 Å². The molecule has 2 aromatic rings. The largest absolute Gasteiger partial charge is 0.375 e. The molecule has 1 amide bonds. The zero-order valence-electron chi connectivity index (χ0n) is 13.4.